The molecule has 0 heterocycles. The molecule has 1 radical (unpaired) electrons. The van der Waals surface area contributed by atoms with Crippen molar-refractivity contribution in [3.63, 3.8) is 0 Å². The summed E-state index contributed by atoms with van der Waals surface area (Å²) in [7, 11) is 0. The van der Waals surface area contributed by atoms with Crippen LogP contribution in [0.4, 0.5) is 0 Å². The second kappa shape index (κ2) is 5.73. The van der Waals surface area contributed by atoms with E-state index in [9.17, 15) is 5.11 Å². The molecule has 0 fully saturated rings. The summed E-state index contributed by atoms with van der Waals surface area (Å²) in [5.74, 6) is 0. The Morgan fingerprint density at radius 1 is 1.31 bits per heavy atom. The van der Waals surface area contributed by atoms with Crippen LogP contribution in [-0.4, -0.2) is 19.3 Å². The lowest BCUT2D eigenvalue weighted by molar-refractivity contribution is 0.00141. The Kier molecular flexibility index (Phi) is 4.50. The standard InChI is InChI=1S/C11H15O2/c1-2-13-9-11(12)8-10-6-4-3-5-7-10/h3-7,11H,2,8-9H2,1H3. The van der Waals surface area contributed by atoms with Gasteiger partial charge in [-0.3, -0.25) is 0 Å². The first-order chi connectivity index (χ1) is 6.33. The SMILES string of the molecule is CCOCC([O])Cc1ccccc1. The Morgan fingerprint density at radius 3 is 2.62 bits per heavy atom. The summed E-state index contributed by atoms with van der Waals surface area (Å²) in [6.45, 7) is 2.83. The van der Waals surface area contributed by atoms with Crippen LogP contribution in [0, 0.1) is 0 Å². The highest BCUT2D eigenvalue weighted by atomic mass is 16.5. The summed E-state index contributed by atoms with van der Waals surface area (Å²) >= 11 is 0. The van der Waals surface area contributed by atoms with Gasteiger partial charge in [-0.05, 0) is 12.5 Å². The lowest BCUT2D eigenvalue weighted by Crippen LogP contribution is -2.16. The highest BCUT2D eigenvalue weighted by Crippen LogP contribution is 2.03. The van der Waals surface area contributed by atoms with Gasteiger partial charge in [0.05, 0.1) is 6.61 Å². The zero-order valence-electron chi connectivity index (χ0n) is 7.90. The van der Waals surface area contributed by atoms with E-state index in [-0.39, 0.29) is 0 Å². The predicted molar refractivity (Wildman–Crippen MR) is 51.1 cm³/mol. The average Bonchev–Trinajstić information content (AvgIpc) is 2.16. The molecular formula is C11H15O2. The molecule has 0 N–H and O–H groups in total. The molecule has 0 aliphatic rings. The van der Waals surface area contributed by atoms with Gasteiger partial charge in [-0.15, -0.1) is 0 Å². The number of hydrogen-bond acceptors (Lipinski definition) is 1. The number of benzene rings is 1. The summed E-state index contributed by atoms with van der Waals surface area (Å²) in [6.07, 6.45) is -0.0803. The molecule has 1 aromatic rings. The smallest absolute Gasteiger partial charge is 0.120 e. The molecule has 13 heavy (non-hydrogen) atoms. The van der Waals surface area contributed by atoms with Gasteiger partial charge in [-0.25, -0.2) is 5.11 Å². The molecule has 0 aromatic heterocycles. The minimum Gasteiger partial charge on any atom is -0.379 e. The van der Waals surface area contributed by atoms with E-state index in [1.807, 2.05) is 37.3 Å². The van der Waals surface area contributed by atoms with Crippen LogP contribution in [0.15, 0.2) is 30.3 Å². The van der Waals surface area contributed by atoms with Crippen molar-refractivity contribution in [2.24, 2.45) is 0 Å². The van der Waals surface area contributed by atoms with E-state index in [0.29, 0.717) is 19.6 Å². The van der Waals surface area contributed by atoms with Crippen molar-refractivity contribution in [3.05, 3.63) is 35.9 Å². The topological polar surface area (TPSA) is 29.1 Å². The molecule has 0 spiro atoms. The van der Waals surface area contributed by atoms with E-state index in [2.05, 4.69) is 0 Å². The van der Waals surface area contributed by atoms with Crippen LogP contribution in [0.5, 0.6) is 0 Å². The van der Waals surface area contributed by atoms with E-state index in [4.69, 9.17) is 4.74 Å². The predicted octanol–water partition coefficient (Wildman–Crippen LogP) is 2.06. The van der Waals surface area contributed by atoms with Crippen LogP contribution in [-0.2, 0) is 16.3 Å². The molecule has 1 rings (SSSR count). The third-order valence-corrected chi connectivity index (χ3v) is 1.81. The van der Waals surface area contributed by atoms with Gasteiger partial charge in [0, 0.05) is 13.0 Å². The molecule has 1 unspecified atom stereocenters. The zero-order chi connectivity index (χ0) is 9.52. The molecule has 1 aromatic carbocycles. The Morgan fingerprint density at radius 2 is 2.00 bits per heavy atom. The van der Waals surface area contributed by atoms with Gasteiger partial charge in [0.2, 0.25) is 0 Å². The average molecular weight is 179 g/mol. The molecule has 2 heteroatoms. The molecule has 0 amide bonds. The molecule has 2 nitrogen and oxygen atoms in total. The van der Waals surface area contributed by atoms with Crippen molar-refractivity contribution in [3.8, 4) is 0 Å². The van der Waals surface area contributed by atoms with Crippen LogP contribution < -0.4 is 0 Å². The second-order valence-corrected chi connectivity index (χ2v) is 2.97. The third kappa shape index (κ3) is 4.06. The lowest BCUT2D eigenvalue weighted by atomic mass is 10.1. The summed E-state index contributed by atoms with van der Waals surface area (Å²) in [5, 5.41) is 11.3. The van der Waals surface area contributed by atoms with Gasteiger partial charge in [0.25, 0.3) is 0 Å². The second-order valence-electron chi connectivity index (χ2n) is 2.97. The maximum atomic E-state index is 11.3. The Bertz CT molecular complexity index is 221. The lowest BCUT2D eigenvalue weighted by Gasteiger charge is -2.07. The Balaban J connectivity index is 2.32. The number of ether oxygens (including phenoxy) is 1. The number of hydrogen-bond donors (Lipinski definition) is 0. The van der Waals surface area contributed by atoms with Crippen molar-refractivity contribution < 1.29 is 9.84 Å². The van der Waals surface area contributed by atoms with Gasteiger partial charge in [0.15, 0.2) is 0 Å². The van der Waals surface area contributed by atoms with Crippen molar-refractivity contribution in [1.82, 2.24) is 0 Å². The van der Waals surface area contributed by atoms with E-state index >= 15 is 0 Å². The summed E-state index contributed by atoms with van der Waals surface area (Å²) in [5.41, 5.74) is 1.09. The molecule has 0 bridgehead atoms. The number of rotatable bonds is 5. The van der Waals surface area contributed by atoms with Crippen molar-refractivity contribution in [2.45, 2.75) is 19.4 Å². The van der Waals surface area contributed by atoms with Gasteiger partial charge in [0.1, 0.15) is 6.10 Å². The fourth-order valence-corrected chi connectivity index (χ4v) is 1.19. The zero-order valence-corrected chi connectivity index (χ0v) is 7.90. The fraction of sp³-hybridized carbons (Fsp3) is 0.455. The van der Waals surface area contributed by atoms with Crippen LogP contribution in [0.3, 0.4) is 0 Å². The van der Waals surface area contributed by atoms with Gasteiger partial charge in [-0.2, -0.15) is 0 Å². The van der Waals surface area contributed by atoms with E-state index < -0.39 is 6.10 Å². The first-order valence-electron chi connectivity index (χ1n) is 4.60. The molecule has 0 saturated heterocycles. The fourth-order valence-electron chi connectivity index (χ4n) is 1.19. The van der Waals surface area contributed by atoms with Crippen LogP contribution in [0.1, 0.15) is 12.5 Å². The molecule has 0 aliphatic heterocycles. The quantitative estimate of drug-likeness (QED) is 0.680. The van der Waals surface area contributed by atoms with E-state index in [0.717, 1.165) is 5.56 Å². The minimum absolute atomic E-state index is 0.311. The molecule has 0 aliphatic carbocycles. The van der Waals surface area contributed by atoms with E-state index in [1.54, 1.807) is 0 Å². The molecule has 71 valence electrons. The Hall–Kier alpha value is -0.860. The third-order valence-electron chi connectivity index (χ3n) is 1.81. The first-order valence-corrected chi connectivity index (χ1v) is 4.60. The summed E-state index contributed by atoms with van der Waals surface area (Å²) in [4.78, 5) is 0. The van der Waals surface area contributed by atoms with Gasteiger partial charge >= 0.3 is 0 Å². The molecule has 1 atom stereocenters. The van der Waals surface area contributed by atoms with Crippen molar-refractivity contribution in [1.29, 1.82) is 0 Å². The normalized spacial score (nSPS) is 12.8. The van der Waals surface area contributed by atoms with E-state index in [1.165, 1.54) is 0 Å². The molecule has 0 saturated carbocycles. The Labute approximate surface area is 79.2 Å². The van der Waals surface area contributed by atoms with Gasteiger partial charge in [-0.1, -0.05) is 30.3 Å². The highest BCUT2D eigenvalue weighted by molar-refractivity contribution is 5.15. The van der Waals surface area contributed by atoms with Crippen LogP contribution in [0.25, 0.3) is 0 Å². The molecular weight excluding hydrogens is 164 g/mol. The van der Waals surface area contributed by atoms with Crippen LogP contribution >= 0.6 is 0 Å². The summed E-state index contributed by atoms with van der Waals surface area (Å²) in [6, 6.07) is 9.78. The maximum Gasteiger partial charge on any atom is 0.120 e. The highest BCUT2D eigenvalue weighted by Gasteiger charge is 2.06. The summed E-state index contributed by atoms with van der Waals surface area (Å²) < 4.78 is 5.05. The van der Waals surface area contributed by atoms with Crippen LogP contribution in [0.2, 0.25) is 0 Å². The largest absolute Gasteiger partial charge is 0.379 e. The first kappa shape index (κ1) is 10.2. The van der Waals surface area contributed by atoms with Gasteiger partial charge < -0.3 is 4.74 Å². The monoisotopic (exact) mass is 179 g/mol. The maximum absolute atomic E-state index is 11.3. The minimum atomic E-state index is -0.637. The van der Waals surface area contributed by atoms with Crippen molar-refractivity contribution in [2.75, 3.05) is 13.2 Å². The van der Waals surface area contributed by atoms with Crippen molar-refractivity contribution >= 4 is 0 Å².